The summed E-state index contributed by atoms with van der Waals surface area (Å²) in [6.07, 6.45) is 1.75. The molecule has 0 spiro atoms. The van der Waals surface area contributed by atoms with Gasteiger partial charge >= 0.3 is 0 Å². The average molecular weight is 273 g/mol. The Morgan fingerprint density at radius 1 is 1.37 bits per heavy atom. The van der Waals surface area contributed by atoms with Crippen molar-refractivity contribution >= 4 is 26.7 Å². The average Bonchev–Trinajstić information content (AvgIpc) is 3.02. The molecule has 0 aliphatic rings. The molecule has 3 aromatic rings. The summed E-state index contributed by atoms with van der Waals surface area (Å²) in [5, 5.41) is 12.3. The molecule has 0 unspecified atom stereocenters. The van der Waals surface area contributed by atoms with Crippen molar-refractivity contribution in [1.29, 1.82) is 0 Å². The maximum atomic E-state index is 4.62. The molecule has 1 aromatic carbocycles. The first-order chi connectivity index (χ1) is 9.28. The summed E-state index contributed by atoms with van der Waals surface area (Å²) < 4.78 is 3.23. The first-order valence-electron chi connectivity index (χ1n) is 6.24. The lowest BCUT2D eigenvalue weighted by molar-refractivity contribution is 0.708. The normalized spacial score (nSPS) is 11.1. The summed E-state index contributed by atoms with van der Waals surface area (Å²) in [6.45, 7) is 5.68. The number of benzene rings is 1. The third-order valence-electron chi connectivity index (χ3n) is 3.05. The van der Waals surface area contributed by atoms with E-state index < -0.39 is 0 Å². The zero-order valence-electron chi connectivity index (χ0n) is 10.9. The van der Waals surface area contributed by atoms with Crippen molar-refractivity contribution in [2.24, 2.45) is 0 Å². The van der Waals surface area contributed by atoms with Crippen LogP contribution in [0.25, 0.3) is 10.2 Å². The van der Waals surface area contributed by atoms with Gasteiger partial charge < -0.3 is 9.88 Å². The number of para-hydroxylation sites is 1. The minimum Gasteiger partial charge on any atom is -0.354 e. The number of aromatic nitrogens is 4. The van der Waals surface area contributed by atoms with Gasteiger partial charge in [-0.15, -0.1) is 10.2 Å². The highest BCUT2D eigenvalue weighted by Crippen LogP contribution is 2.27. The van der Waals surface area contributed by atoms with Crippen LogP contribution in [0.4, 0.5) is 5.13 Å². The number of hydrogen-bond acceptors (Lipinski definition) is 5. The van der Waals surface area contributed by atoms with Gasteiger partial charge in [-0.05, 0) is 25.5 Å². The summed E-state index contributed by atoms with van der Waals surface area (Å²) in [5.74, 6) is 0.929. The van der Waals surface area contributed by atoms with E-state index in [1.807, 2.05) is 4.57 Å². The van der Waals surface area contributed by atoms with Crippen molar-refractivity contribution in [2.75, 3.05) is 5.32 Å². The highest BCUT2D eigenvalue weighted by atomic mass is 32.1. The third-order valence-corrected chi connectivity index (χ3v) is 4.03. The van der Waals surface area contributed by atoms with E-state index in [0.717, 1.165) is 23.0 Å². The molecule has 6 heteroatoms. The Balaban J connectivity index is 1.80. The summed E-state index contributed by atoms with van der Waals surface area (Å²) in [7, 11) is 0. The van der Waals surface area contributed by atoms with Gasteiger partial charge in [-0.1, -0.05) is 23.5 Å². The van der Waals surface area contributed by atoms with Crippen molar-refractivity contribution < 1.29 is 0 Å². The van der Waals surface area contributed by atoms with Gasteiger partial charge in [0, 0.05) is 6.54 Å². The zero-order chi connectivity index (χ0) is 13.2. The van der Waals surface area contributed by atoms with E-state index in [-0.39, 0.29) is 0 Å². The maximum absolute atomic E-state index is 4.62. The molecule has 2 aromatic heterocycles. The summed E-state index contributed by atoms with van der Waals surface area (Å²) in [4.78, 5) is 4.62. The molecule has 3 rings (SSSR count). The fourth-order valence-corrected chi connectivity index (χ4v) is 2.94. The number of nitrogens with zero attached hydrogens (tertiary/aromatic N) is 4. The van der Waals surface area contributed by atoms with Crippen LogP contribution in [0.2, 0.25) is 0 Å². The molecule has 0 aliphatic carbocycles. The minimum absolute atomic E-state index is 0.646. The largest absolute Gasteiger partial charge is 0.354 e. The van der Waals surface area contributed by atoms with Crippen LogP contribution < -0.4 is 5.32 Å². The number of thiazole rings is 1. The maximum Gasteiger partial charge on any atom is 0.184 e. The lowest BCUT2D eigenvalue weighted by atomic mass is 10.2. The summed E-state index contributed by atoms with van der Waals surface area (Å²) in [5.41, 5.74) is 2.28. The molecule has 0 aliphatic heterocycles. The van der Waals surface area contributed by atoms with E-state index in [1.54, 1.807) is 17.7 Å². The molecule has 98 valence electrons. The standard InChI is InChI=1S/C13H15N5S/c1-3-18-8-15-17-11(18)7-14-13-16-12-9(2)5-4-6-10(12)19-13/h4-6,8H,3,7H2,1-2H3,(H,14,16). The molecule has 0 amide bonds. The van der Waals surface area contributed by atoms with Gasteiger partial charge in [0.25, 0.3) is 0 Å². The monoisotopic (exact) mass is 273 g/mol. The van der Waals surface area contributed by atoms with Gasteiger partial charge in [0.1, 0.15) is 6.33 Å². The van der Waals surface area contributed by atoms with Gasteiger partial charge in [0.2, 0.25) is 0 Å². The number of anilines is 1. The number of nitrogens with one attached hydrogen (secondary N) is 1. The van der Waals surface area contributed by atoms with Crippen molar-refractivity contribution in [3.63, 3.8) is 0 Å². The van der Waals surface area contributed by atoms with Crippen molar-refractivity contribution in [3.8, 4) is 0 Å². The van der Waals surface area contributed by atoms with E-state index in [0.29, 0.717) is 6.54 Å². The first-order valence-corrected chi connectivity index (χ1v) is 7.06. The number of hydrogen-bond donors (Lipinski definition) is 1. The van der Waals surface area contributed by atoms with Crippen LogP contribution in [0.1, 0.15) is 18.3 Å². The van der Waals surface area contributed by atoms with E-state index in [9.17, 15) is 0 Å². The summed E-state index contributed by atoms with van der Waals surface area (Å²) in [6, 6.07) is 6.24. The van der Waals surface area contributed by atoms with Crippen LogP contribution in [0.15, 0.2) is 24.5 Å². The molecule has 0 atom stereocenters. The van der Waals surface area contributed by atoms with Crippen molar-refractivity contribution in [2.45, 2.75) is 26.9 Å². The SMILES string of the molecule is CCn1cnnc1CNc1nc2c(C)cccc2s1. The topological polar surface area (TPSA) is 55.6 Å². The second-order valence-electron chi connectivity index (χ2n) is 4.33. The summed E-state index contributed by atoms with van der Waals surface area (Å²) >= 11 is 1.67. The van der Waals surface area contributed by atoms with Crippen LogP contribution in [0.5, 0.6) is 0 Å². The Bertz CT molecular complexity index is 700. The van der Waals surface area contributed by atoms with Crippen LogP contribution in [-0.2, 0) is 13.1 Å². The quantitative estimate of drug-likeness (QED) is 0.794. The lowest BCUT2D eigenvalue weighted by Gasteiger charge is -2.03. The Hall–Kier alpha value is -1.95. The van der Waals surface area contributed by atoms with E-state index in [4.69, 9.17) is 0 Å². The van der Waals surface area contributed by atoms with Crippen LogP contribution in [0, 0.1) is 6.92 Å². The minimum atomic E-state index is 0.646. The van der Waals surface area contributed by atoms with Gasteiger partial charge in [-0.2, -0.15) is 0 Å². The number of fused-ring (bicyclic) bond motifs is 1. The lowest BCUT2D eigenvalue weighted by Crippen LogP contribution is -2.07. The molecular weight excluding hydrogens is 258 g/mol. The molecule has 1 N–H and O–H groups in total. The zero-order valence-corrected chi connectivity index (χ0v) is 11.7. The molecule has 19 heavy (non-hydrogen) atoms. The highest BCUT2D eigenvalue weighted by molar-refractivity contribution is 7.22. The van der Waals surface area contributed by atoms with Crippen molar-refractivity contribution in [3.05, 3.63) is 35.9 Å². The second-order valence-corrected chi connectivity index (χ2v) is 5.36. The second kappa shape index (κ2) is 4.97. The molecule has 5 nitrogen and oxygen atoms in total. The van der Waals surface area contributed by atoms with Crippen molar-refractivity contribution in [1.82, 2.24) is 19.7 Å². The van der Waals surface area contributed by atoms with Gasteiger partial charge in [0.05, 0.1) is 16.8 Å². The third kappa shape index (κ3) is 2.31. The number of rotatable bonds is 4. The molecule has 0 saturated heterocycles. The fourth-order valence-electron chi connectivity index (χ4n) is 2.00. The predicted octanol–water partition coefficient (Wildman–Crippen LogP) is 2.83. The van der Waals surface area contributed by atoms with E-state index in [2.05, 4.69) is 52.5 Å². The van der Waals surface area contributed by atoms with Crippen LogP contribution in [-0.4, -0.2) is 19.7 Å². The molecule has 0 fully saturated rings. The Morgan fingerprint density at radius 2 is 2.26 bits per heavy atom. The Morgan fingerprint density at radius 3 is 3.05 bits per heavy atom. The molecule has 0 saturated carbocycles. The smallest absolute Gasteiger partial charge is 0.184 e. The van der Waals surface area contributed by atoms with Gasteiger partial charge in [0.15, 0.2) is 11.0 Å². The molecule has 2 heterocycles. The predicted molar refractivity (Wildman–Crippen MR) is 77.4 cm³/mol. The first kappa shape index (κ1) is 12.1. The van der Waals surface area contributed by atoms with Gasteiger partial charge in [-0.3, -0.25) is 0 Å². The van der Waals surface area contributed by atoms with E-state index in [1.165, 1.54) is 10.3 Å². The molecule has 0 bridgehead atoms. The molecule has 0 radical (unpaired) electrons. The Labute approximate surface area is 115 Å². The Kier molecular flexibility index (Phi) is 3.16. The van der Waals surface area contributed by atoms with E-state index >= 15 is 0 Å². The number of aryl methyl sites for hydroxylation is 2. The van der Waals surface area contributed by atoms with Crippen LogP contribution in [0.3, 0.4) is 0 Å². The molecular formula is C13H15N5S. The fraction of sp³-hybridized carbons (Fsp3) is 0.308. The highest BCUT2D eigenvalue weighted by Gasteiger charge is 2.07. The van der Waals surface area contributed by atoms with Gasteiger partial charge in [-0.25, -0.2) is 4.98 Å². The van der Waals surface area contributed by atoms with Crippen LogP contribution >= 0.6 is 11.3 Å².